The summed E-state index contributed by atoms with van der Waals surface area (Å²) < 4.78 is 0. The van der Waals surface area contributed by atoms with Crippen LogP contribution in [0.2, 0.25) is 0 Å². The van der Waals surface area contributed by atoms with Crippen molar-refractivity contribution in [2.75, 3.05) is 5.32 Å². The van der Waals surface area contributed by atoms with E-state index in [0.29, 0.717) is 31.5 Å². The lowest BCUT2D eigenvalue weighted by molar-refractivity contribution is -0.142. The van der Waals surface area contributed by atoms with Gasteiger partial charge in [-0.05, 0) is 50.3 Å². The van der Waals surface area contributed by atoms with E-state index in [2.05, 4.69) is 15.6 Å². The van der Waals surface area contributed by atoms with Crippen molar-refractivity contribution in [3.8, 4) is 0 Å². The second-order valence-corrected chi connectivity index (χ2v) is 5.20. The van der Waals surface area contributed by atoms with Gasteiger partial charge in [-0.1, -0.05) is 0 Å². The van der Waals surface area contributed by atoms with Crippen LogP contribution in [0.25, 0.3) is 0 Å². The van der Waals surface area contributed by atoms with Gasteiger partial charge in [-0.25, -0.2) is 9.78 Å². The minimum Gasteiger partial charge on any atom is -0.481 e. The van der Waals surface area contributed by atoms with Crippen molar-refractivity contribution in [2.45, 2.75) is 38.6 Å². The third-order valence-electron chi connectivity index (χ3n) is 3.57. The third kappa shape index (κ3) is 3.94. The molecular weight excluding hydrogens is 258 g/mol. The maximum atomic E-state index is 11.8. The van der Waals surface area contributed by atoms with Gasteiger partial charge in [0, 0.05) is 12.2 Å². The van der Waals surface area contributed by atoms with E-state index in [1.165, 1.54) is 0 Å². The number of carbonyl (C=O) groups excluding carboxylic acids is 1. The maximum Gasteiger partial charge on any atom is 0.320 e. The van der Waals surface area contributed by atoms with Gasteiger partial charge in [-0.2, -0.15) is 0 Å². The molecule has 0 bridgehead atoms. The summed E-state index contributed by atoms with van der Waals surface area (Å²) in [4.78, 5) is 26.7. The molecule has 1 fully saturated rings. The summed E-state index contributed by atoms with van der Waals surface area (Å²) in [6.07, 6.45) is 4.27. The van der Waals surface area contributed by atoms with Crippen molar-refractivity contribution in [1.82, 2.24) is 10.3 Å². The summed E-state index contributed by atoms with van der Waals surface area (Å²) >= 11 is 0. The van der Waals surface area contributed by atoms with Crippen molar-refractivity contribution in [2.24, 2.45) is 5.92 Å². The summed E-state index contributed by atoms with van der Waals surface area (Å²) in [5.41, 5.74) is 1.03. The molecule has 3 N–H and O–H groups in total. The van der Waals surface area contributed by atoms with Crippen LogP contribution < -0.4 is 10.6 Å². The fourth-order valence-corrected chi connectivity index (χ4v) is 2.43. The maximum absolute atomic E-state index is 11.8. The summed E-state index contributed by atoms with van der Waals surface area (Å²) in [7, 11) is 0. The highest BCUT2D eigenvalue weighted by Crippen LogP contribution is 2.24. The lowest BCUT2D eigenvalue weighted by Crippen LogP contribution is -2.41. The Morgan fingerprint density at radius 3 is 2.60 bits per heavy atom. The Morgan fingerprint density at radius 2 is 2.00 bits per heavy atom. The van der Waals surface area contributed by atoms with E-state index in [-0.39, 0.29) is 18.0 Å². The van der Waals surface area contributed by atoms with Crippen LogP contribution in [0.3, 0.4) is 0 Å². The molecule has 20 heavy (non-hydrogen) atoms. The monoisotopic (exact) mass is 277 g/mol. The number of amides is 2. The Hall–Kier alpha value is -2.11. The van der Waals surface area contributed by atoms with Crippen LogP contribution in [0, 0.1) is 12.8 Å². The molecule has 2 rings (SSSR count). The number of urea groups is 1. The molecule has 1 aliphatic rings. The number of pyridine rings is 1. The number of nitrogens with one attached hydrogen (secondary N) is 2. The summed E-state index contributed by atoms with van der Waals surface area (Å²) in [6.45, 7) is 1.93. The van der Waals surface area contributed by atoms with Gasteiger partial charge in [-0.3, -0.25) is 10.1 Å². The lowest BCUT2D eigenvalue weighted by atomic mass is 9.86. The Morgan fingerprint density at radius 1 is 1.30 bits per heavy atom. The van der Waals surface area contributed by atoms with Gasteiger partial charge in [0.25, 0.3) is 0 Å². The Balaban J connectivity index is 1.80. The Bertz CT molecular complexity index is 496. The van der Waals surface area contributed by atoms with Gasteiger partial charge < -0.3 is 10.4 Å². The third-order valence-corrected chi connectivity index (χ3v) is 3.57. The summed E-state index contributed by atoms with van der Waals surface area (Å²) in [6, 6.07) is 3.40. The van der Waals surface area contributed by atoms with Crippen molar-refractivity contribution >= 4 is 17.8 Å². The van der Waals surface area contributed by atoms with Gasteiger partial charge in [0.15, 0.2) is 0 Å². The van der Waals surface area contributed by atoms with Crippen LogP contribution in [-0.2, 0) is 4.79 Å². The number of aromatic nitrogens is 1. The molecule has 0 aromatic carbocycles. The smallest absolute Gasteiger partial charge is 0.320 e. The van der Waals surface area contributed by atoms with E-state index >= 15 is 0 Å². The average molecular weight is 277 g/mol. The van der Waals surface area contributed by atoms with Gasteiger partial charge in [0.2, 0.25) is 0 Å². The highest BCUT2D eigenvalue weighted by atomic mass is 16.4. The highest BCUT2D eigenvalue weighted by Gasteiger charge is 2.26. The molecule has 6 nitrogen and oxygen atoms in total. The number of carbonyl (C=O) groups is 2. The van der Waals surface area contributed by atoms with E-state index in [9.17, 15) is 9.59 Å². The number of carboxylic acids is 1. The number of aryl methyl sites for hydroxylation is 1. The molecule has 1 aromatic rings. The fraction of sp³-hybridized carbons (Fsp3) is 0.500. The van der Waals surface area contributed by atoms with Crippen molar-refractivity contribution in [3.63, 3.8) is 0 Å². The molecule has 2 amide bonds. The molecule has 0 saturated heterocycles. The number of carboxylic acid groups (broad SMARTS) is 1. The quantitative estimate of drug-likeness (QED) is 0.789. The topological polar surface area (TPSA) is 91.3 Å². The van der Waals surface area contributed by atoms with Crippen molar-refractivity contribution < 1.29 is 14.7 Å². The number of hydrogen-bond donors (Lipinski definition) is 3. The predicted molar refractivity (Wildman–Crippen MR) is 74.5 cm³/mol. The van der Waals surface area contributed by atoms with Crippen LogP contribution in [0.1, 0.15) is 31.2 Å². The number of rotatable bonds is 3. The molecule has 0 radical (unpaired) electrons. The summed E-state index contributed by atoms with van der Waals surface area (Å²) in [5, 5.41) is 14.5. The zero-order valence-corrected chi connectivity index (χ0v) is 11.4. The SMILES string of the molecule is Cc1ccnc(NC(=O)NC2CCC(C(=O)O)CC2)c1. The molecule has 1 aromatic heterocycles. The van der Waals surface area contributed by atoms with Crippen molar-refractivity contribution in [3.05, 3.63) is 23.9 Å². The molecule has 6 heteroatoms. The van der Waals surface area contributed by atoms with E-state index in [0.717, 1.165) is 5.56 Å². The van der Waals surface area contributed by atoms with Crippen LogP contribution in [0.15, 0.2) is 18.3 Å². The van der Waals surface area contributed by atoms with Gasteiger partial charge in [0.05, 0.1) is 5.92 Å². The first-order chi connectivity index (χ1) is 9.54. The first kappa shape index (κ1) is 14.3. The van der Waals surface area contributed by atoms with Crippen LogP contribution in [-0.4, -0.2) is 28.1 Å². The molecule has 108 valence electrons. The molecular formula is C14H19N3O3. The van der Waals surface area contributed by atoms with Crippen molar-refractivity contribution in [1.29, 1.82) is 0 Å². The highest BCUT2D eigenvalue weighted by molar-refractivity contribution is 5.88. The van der Waals surface area contributed by atoms with Crippen LogP contribution >= 0.6 is 0 Å². The second-order valence-electron chi connectivity index (χ2n) is 5.20. The number of anilines is 1. The predicted octanol–water partition coefficient (Wildman–Crippen LogP) is 2.15. The molecule has 0 unspecified atom stereocenters. The molecule has 0 spiro atoms. The Kier molecular flexibility index (Phi) is 4.55. The zero-order valence-electron chi connectivity index (χ0n) is 11.4. The molecule has 0 atom stereocenters. The summed E-state index contributed by atoms with van der Waals surface area (Å²) in [5.74, 6) is -0.492. The van der Waals surface area contributed by atoms with E-state index in [4.69, 9.17) is 5.11 Å². The number of nitrogens with zero attached hydrogens (tertiary/aromatic N) is 1. The standard InChI is InChI=1S/C14H19N3O3/c1-9-6-7-15-12(8-9)17-14(20)16-11-4-2-10(3-5-11)13(18)19/h6-8,10-11H,2-5H2,1H3,(H,18,19)(H2,15,16,17,20). The van der Waals surface area contributed by atoms with Crippen LogP contribution in [0.4, 0.5) is 10.6 Å². The first-order valence-electron chi connectivity index (χ1n) is 6.77. The largest absolute Gasteiger partial charge is 0.481 e. The average Bonchev–Trinajstić information content (AvgIpc) is 2.39. The fourth-order valence-electron chi connectivity index (χ4n) is 2.43. The second kappa shape index (κ2) is 6.36. The zero-order chi connectivity index (χ0) is 14.5. The normalized spacial score (nSPS) is 22.1. The van der Waals surface area contributed by atoms with E-state index in [1.807, 2.05) is 13.0 Å². The Labute approximate surface area is 117 Å². The van der Waals surface area contributed by atoms with E-state index < -0.39 is 5.97 Å². The number of aliphatic carboxylic acids is 1. The van der Waals surface area contributed by atoms with E-state index in [1.54, 1.807) is 12.3 Å². The molecule has 1 heterocycles. The van der Waals surface area contributed by atoms with Gasteiger partial charge in [-0.15, -0.1) is 0 Å². The first-order valence-corrected chi connectivity index (χ1v) is 6.77. The minimum atomic E-state index is -0.739. The van der Waals surface area contributed by atoms with Gasteiger partial charge in [0.1, 0.15) is 5.82 Å². The van der Waals surface area contributed by atoms with Gasteiger partial charge >= 0.3 is 12.0 Å². The molecule has 1 saturated carbocycles. The minimum absolute atomic E-state index is 0.0374. The molecule has 1 aliphatic carbocycles. The lowest BCUT2D eigenvalue weighted by Gasteiger charge is -2.26. The number of hydrogen-bond acceptors (Lipinski definition) is 3. The van der Waals surface area contributed by atoms with Crippen LogP contribution in [0.5, 0.6) is 0 Å². The molecule has 0 aliphatic heterocycles.